The Morgan fingerprint density at radius 3 is 2.07 bits per heavy atom. The quantitative estimate of drug-likeness (QED) is 0.483. The minimum atomic E-state index is -0.912. The van der Waals surface area contributed by atoms with E-state index in [1.165, 1.54) is 35.6 Å². The summed E-state index contributed by atoms with van der Waals surface area (Å²) in [6, 6.07) is 15.9. The van der Waals surface area contributed by atoms with Crippen LogP contribution >= 0.6 is 11.3 Å². The molecule has 2 aromatic carbocycles. The zero-order chi connectivity index (χ0) is 18.8. The largest absolute Gasteiger partial charge is 0.384 e. The van der Waals surface area contributed by atoms with Crippen LogP contribution in [0.3, 0.4) is 0 Å². The molecule has 0 bridgehead atoms. The van der Waals surface area contributed by atoms with Gasteiger partial charge in [0.25, 0.3) is 0 Å². The van der Waals surface area contributed by atoms with Gasteiger partial charge >= 0.3 is 0 Å². The fourth-order valence-electron chi connectivity index (χ4n) is 3.02. The molecule has 5 heteroatoms. The molecule has 4 aromatic rings. The maximum absolute atomic E-state index is 13.3. The number of hydrogen-bond acceptors (Lipinski definition) is 3. The van der Waals surface area contributed by atoms with Crippen LogP contribution in [0.4, 0.5) is 8.78 Å². The summed E-state index contributed by atoms with van der Waals surface area (Å²) in [6.45, 7) is 0. The number of aliphatic hydroxyl groups is 1. The van der Waals surface area contributed by atoms with E-state index in [1.807, 2.05) is 5.38 Å². The fourth-order valence-corrected chi connectivity index (χ4v) is 4.14. The number of benzene rings is 2. The maximum atomic E-state index is 13.3. The molecule has 1 unspecified atom stereocenters. The zero-order valence-corrected chi connectivity index (χ0v) is 15.0. The number of aliphatic hydroxyl groups excluding tert-OH is 1. The smallest absolute Gasteiger partial charge is 0.123 e. The number of halogens is 2. The minimum Gasteiger partial charge on any atom is -0.384 e. The number of hydrogen-bond donors (Lipinski definition) is 1. The normalized spacial score (nSPS) is 12.1. The van der Waals surface area contributed by atoms with Crippen molar-refractivity contribution < 1.29 is 13.9 Å². The van der Waals surface area contributed by atoms with Crippen LogP contribution in [-0.2, 0) is 0 Å². The van der Waals surface area contributed by atoms with Crippen LogP contribution in [0.15, 0.2) is 78.4 Å². The van der Waals surface area contributed by atoms with E-state index in [4.69, 9.17) is 0 Å². The monoisotopic (exact) mass is 379 g/mol. The molecule has 4 rings (SSSR count). The number of rotatable bonds is 4. The molecule has 0 aliphatic rings. The maximum Gasteiger partial charge on any atom is 0.123 e. The highest BCUT2D eigenvalue weighted by molar-refractivity contribution is 7.14. The van der Waals surface area contributed by atoms with Gasteiger partial charge in [0, 0.05) is 28.4 Å². The highest BCUT2D eigenvalue weighted by Gasteiger charge is 2.23. The fraction of sp³-hybridized carbons (Fsp3) is 0.0455. The second-order valence-corrected chi connectivity index (χ2v) is 6.97. The van der Waals surface area contributed by atoms with Crippen LogP contribution in [0.1, 0.15) is 17.2 Å². The molecule has 1 N–H and O–H groups in total. The van der Waals surface area contributed by atoms with Crippen LogP contribution in [0.25, 0.3) is 21.6 Å². The van der Waals surface area contributed by atoms with Gasteiger partial charge < -0.3 is 5.11 Å². The summed E-state index contributed by atoms with van der Waals surface area (Å²) in [5.41, 5.74) is 3.79. The van der Waals surface area contributed by atoms with E-state index in [0.717, 1.165) is 21.6 Å². The molecule has 0 aliphatic carbocycles. The summed E-state index contributed by atoms with van der Waals surface area (Å²) < 4.78 is 26.7. The molecule has 2 aromatic heterocycles. The Bertz CT molecular complexity index is 981. The highest BCUT2D eigenvalue weighted by atomic mass is 32.1. The molecule has 2 nitrogen and oxygen atoms in total. The van der Waals surface area contributed by atoms with Crippen LogP contribution in [0, 0.1) is 11.6 Å². The number of nitrogens with zero attached hydrogens (tertiary/aromatic N) is 1. The first-order valence-corrected chi connectivity index (χ1v) is 9.22. The Morgan fingerprint density at radius 1 is 0.852 bits per heavy atom. The molecule has 0 aliphatic heterocycles. The van der Waals surface area contributed by atoms with E-state index < -0.39 is 6.10 Å². The molecule has 0 saturated carbocycles. The molecule has 0 amide bonds. The summed E-state index contributed by atoms with van der Waals surface area (Å²) in [5.74, 6) is -0.634. The van der Waals surface area contributed by atoms with Gasteiger partial charge in [0.05, 0.1) is 0 Å². The third-order valence-corrected chi connectivity index (χ3v) is 5.41. The van der Waals surface area contributed by atoms with Crippen molar-refractivity contribution in [2.24, 2.45) is 0 Å². The standard InChI is InChI=1S/C22H15F2NOS/c23-17-7-3-14(4-8-17)19-13-27-22(15-5-9-18(24)10-6-15)20(19)21(26)16-2-1-11-25-12-16/h1-13,21,26H. The lowest BCUT2D eigenvalue weighted by molar-refractivity contribution is 0.221. The van der Waals surface area contributed by atoms with Gasteiger partial charge in [0.15, 0.2) is 0 Å². The van der Waals surface area contributed by atoms with Gasteiger partial charge in [0.1, 0.15) is 17.7 Å². The second-order valence-electron chi connectivity index (χ2n) is 6.09. The third kappa shape index (κ3) is 3.52. The molecule has 1 atom stereocenters. The van der Waals surface area contributed by atoms with Gasteiger partial charge in [-0.2, -0.15) is 0 Å². The first-order chi connectivity index (χ1) is 13.1. The van der Waals surface area contributed by atoms with Gasteiger partial charge in [0.2, 0.25) is 0 Å². The average molecular weight is 379 g/mol. The van der Waals surface area contributed by atoms with E-state index in [1.54, 1.807) is 48.8 Å². The van der Waals surface area contributed by atoms with E-state index in [9.17, 15) is 13.9 Å². The zero-order valence-electron chi connectivity index (χ0n) is 14.1. The number of pyridine rings is 1. The van der Waals surface area contributed by atoms with Crippen LogP contribution in [0.2, 0.25) is 0 Å². The lowest BCUT2D eigenvalue weighted by atomic mass is 9.93. The van der Waals surface area contributed by atoms with Crippen molar-refractivity contribution in [1.82, 2.24) is 4.98 Å². The van der Waals surface area contributed by atoms with Crippen molar-refractivity contribution in [2.45, 2.75) is 6.10 Å². The molecule has 0 spiro atoms. The molecule has 2 heterocycles. The summed E-state index contributed by atoms with van der Waals surface area (Å²) in [7, 11) is 0. The van der Waals surface area contributed by atoms with Gasteiger partial charge in [-0.3, -0.25) is 4.98 Å². The molecule has 27 heavy (non-hydrogen) atoms. The van der Waals surface area contributed by atoms with Crippen LogP contribution in [0.5, 0.6) is 0 Å². The lowest BCUT2D eigenvalue weighted by Crippen LogP contribution is -2.02. The van der Waals surface area contributed by atoms with E-state index in [-0.39, 0.29) is 11.6 Å². The molecule has 134 valence electrons. The Kier molecular flexibility index (Phi) is 4.79. The van der Waals surface area contributed by atoms with Gasteiger partial charge in [-0.15, -0.1) is 11.3 Å². The van der Waals surface area contributed by atoms with Crippen molar-refractivity contribution in [1.29, 1.82) is 0 Å². The predicted molar refractivity (Wildman–Crippen MR) is 103 cm³/mol. The predicted octanol–water partition coefficient (Wildman–Crippen LogP) is 5.84. The van der Waals surface area contributed by atoms with Gasteiger partial charge in [-0.05, 0) is 52.4 Å². The van der Waals surface area contributed by atoms with Crippen LogP contribution in [-0.4, -0.2) is 10.1 Å². The lowest BCUT2D eigenvalue weighted by Gasteiger charge is -2.15. The van der Waals surface area contributed by atoms with E-state index >= 15 is 0 Å². The minimum absolute atomic E-state index is 0.316. The van der Waals surface area contributed by atoms with Crippen molar-refractivity contribution in [3.8, 4) is 21.6 Å². The summed E-state index contributed by atoms with van der Waals surface area (Å²) in [5, 5.41) is 13.0. The number of thiophene rings is 1. The Labute approximate surface area is 159 Å². The summed E-state index contributed by atoms with van der Waals surface area (Å²) in [6.07, 6.45) is 2.35. The van der Waals surface area contributed by atoms with Crippen LogP contribution < -0.4 is 0 Å². The highest BCUT2D eigenvalue weighted by Crippen LogP contribution is 2.43. The molecule has 0 radical (unpaired) electrons. The second kappa shape index (κ2) is 7.39. The molecule has 0 fully saturated rings. The Hall–Kier alpha value is -2.89. The summed E-state index contributed by atoms with van der Waals surface area (Å²) in [4.78, 5) is 4.93. The van der Waals surface area contributed by atoms with E-state index in [2.05, 4.69) is 4.98 Å². The third-order valence-electron chi connectivity index (χ3n) is 4.36. The van der Waals surface area contributed by atoms with Crippen molar-refractivity contribution >= 4 is 11.3 Å². The summed E-state index contributed by atoms with van der Waals surface area (Å²) >= 11 is 1.46. The topological polar surface area (TPSA) is 33.1 Å². The molecular formula is C22H15F2NOS. The van der Waals surface area contributed by atoms with Gasteiger partial charge in [-0.25, -0.2) is 8.78 Å². The van der Waals surface area contributed by atoms with Crippen molar-refractivity contribution in [3.05, 3.63) is 101 Å². The van der Waals surface area contributed by atoms with Gasteiger partial charge in [-0.1, -0.05) is 30.3 Å². The Balaban J connectivity index is 1.89. The first-order valence-electron chi connectivity index (χ1n) is 8.35. The average Bonchev–Trinajstić information content (AvgIpc) is 3.14. The Morgan fingerprint density at radius 2 is 1.48 bits per heavy atom. The molecular weight excluding hydrogens is 364 g/mol. The van der Waals surface area contributed by atoms with E-state index in [0.29, 0.717) is 11.1 Å². The van der Waals surface area contributed by atoms with Crippen molar-refractivity contribution in [3.63, 3.8) is 0 Å². The molecule has 0 saturated heterocycles. The number of aromatic nitrogens is 1. The van der Waals surface area contributed by atoms with Crippen molar-refractivity contribution in [2.75, 3.05) is 0 Å². The first kappa shape index (κ1) is 17.5. The SMILES string of the molecule is OC(c1cccnc1)c1c(-c2ccc(F)cc2)csc1-c1ccc(F)cc1.